The quantitative estimate of drug-likeness (QED) is 0.910. The highest BCUT2D eigenvalue weighted by Gasteiger charge is 2.34. The standard InChI is InChI=1S/C16H14F3NO2/c17-16(18,19)14-6-2-5-13(15(20)22)12(14)8-7-10-3-1-4-11(21)9-10/h1-6,9,21H,7-8H2,(H2,20,22). The molecule has 0 aromatic heterocycles. The number of carbonyl (C=O) groups excluding carboxylic acids is 1. The molecular formula is C16H14F3NO2. The fraction of sp³-hybridized carbons (Fsp3) is 0.188. The number of hydrogen-bond donors (Lipinski definition) is 2. The van der Waals surface area contributed by atoms with Crippen LogP contribution in [0.3, 0.4) is 0 Å². The first-order chi connectivity index (χ1) is 10.3. The number of alkyl halides is 3. The van der Waals surface area contributed by atoms with Gasteiger partial charge in [-0.1, -0.05) is 18.2 Å². The van der Waals surface area contributed by atoms with Crippen molar-refractivity contribution >= 4 is 5.91 Å². The summed E-state index contributed by atoms with van der Waals surface area (Å²) in [6.45, 7) is 0. The Hall–Kier alpha value is -2.50. The molecule has 2 aromatic carbocycles. The lowest BCUT2D eigenvalue weighted by atomic mass is 9.94. The highest BCUT2D eigenvalue weighted by molar-refractivity contribution is 5.94. The van der Waals surface area contributed by atoms with Gasteiger partial charge in [0.25, 0.3) is 0 Å². The lowest BCUT2D eigenvalue weighted by molar-refractivity contribution is -0.138. The number of nitrogens with two attached hydrogens (primary N) is 1. The van der Waals surface area contributed by atoms with E-state index in [1.165, 1.54) is 24.3 Å². The molecule has 0 saturated carbocycles. The molecule has 1 amide bonds. The second kappa shape index (κ2) is 6.09. The Morgan fingerprint density at radius 2 is 1.77 bits per heavy atom. The minimum Gasteiger partial charge on any atom is -0.508 e. The highest BCUT2D eigenvalue weighted by atomic mass is 19.4. The number of aromatic hydroxyl groups is 1. The summed E-state index contributed by atoms with van der Waals surface area (Å²) in [5.41, 5.74) is 4.74. The Labute approximate surface area is 125 Å². The summed E-state index contributed by atoms with van der Waals surface area (Å²) in [7, 11) is 0. The van der Waals surface area contributed by atoms with Crippen LogP contribution in [0.2, 0.25) is 0 Å². The van der Waals surface area contributed by atoms with Gasteiger partial charge in [0.15, 0.2) is 0 Å². The van der Waals surface area contributed by atoms with Crippen LogP contribution in [0.25, 0.3) is 0 Å². The van der Waals surface area contributed by atoms with Crippen LogP contribution in [0, 0.1) is 0 Å². The minimum atomic E-state index is -4.56. The van der Waals surface area contributed by atoms with Gasteiger partial charge in [0.2, 0.25) is 5.91 Å². The van der Waals surface area contributed by atoms with Crippen LogP contribution in [0.15, 0.2) is 42.5 Å². The molecule has 116 valence electrons. The zero-order valence-electron chi connectivity index (χ0n) is 11.5. The molecule has 3 N–H and O–H groups in total. The molecule has 6 heteroatoms. The van der Waals surface area contributed by atoms with Crippen molar-refractivity contribution in [2.75, 3.05) is 0 Å². The molecule has 0 aliphatic rings. The fourth-order valence-corrected chi connectivity index (χ4v) is 2.33. The summed E-state index contributed by atoms with van der Waals surface area (Å²) >= 11 is 0. The van der Waals surface area contributed by atoms with Gasteiger partial charge in [-0.2, -0.15) is 13.2 Å². The maximum Gasteiger partial charge on any atom is 0.416 e. The fourth-order valence-electron chi connectivity index (χ4n) is 2.33. The second-order valence-corrected chi connectivity index (χ2v) is 4.86. The average Bonchev–Trinajstić information content (AvgIpc) is 2.43. The maximum atomic E-state index is 13.1. The van der Waals surface area contributed by atoms with Gasteiger partial charge in [-0.25, -0.2) is 0 Å². The van der Waals surface area contributed by atoms with Gasteiger partial charge in [-0.05, 0) is 48.2 Å². The van der Waals surface area contributed by atoms with E-state index in [4.69, 9.17) is 5.73 Å². The number of hydrogen-bond acceptors (Lipinski definition) is 2. The van der Waals surface area contributed by atoms with E-state index in [0.29, 0.717) is 5.56 Å². The van der Waals surface area contributed by atoms with E-state index in [1.807, 2.05) is 0 Å². The molecule has 0 radical (unpaired) electrons. The van der Waals surface area contributed by atoms with E-state index in [0.717, 1.165) is 6.07 Å². The zero-order chi connectivity index (χ0) is 16.3. The van der Waals surface area contributed by atoms with Crippen molar-refractivity contribution in [1.82, 2.24) is 0 Å². The molecule has 0 heterocycles. The number of benzene rings is 2. The van der Waals surface area contributed by atoms with Crippen molar-refractivity contribution in [1.29, 1.82) is 0 Å². The van der Waals surface area contributed by atoms with E-state index in [2.05, 4.69) is 0 Å². The zero-order valence-corrected chi connectivity index (χ0v) is 11.5. The topological polar surface area (TPSA) is 63.3 Å². The van der Waals surface area contributed by atoms with Crippen LogP contribution in [-0.4, -0.2) is 11.0 Å². The highest BCUT2D eigenvalue weighted by Crippen LogP contribution is 2.34. The van der Waals surface area contributed by atoms with Gasteiger partial charge < -0.3 is 10.8 Å². The van der Waals surface area contributed by atoms with Crippen LogP contribution in [0.4, 0.5) is 13.2 Å². The van der Waals surface area contributed by atoms with Crippen molar-refractivity contribution < 1.29 is 23.1 Å². The van der Waals surface area contributed by atoms with Gasteiger partial charge in [0.1, 0.15) is 5.75 Å². The van der Waals surface area contributed by atoms with E-state index in [9.17, 15) is 23.1 Å². The summed E-state index contributed by atoms with van der Waals surface area (Å²) in [4.78, 5) is 11.4. The van der Waals surface area contributed by atoms with Crippen LogP contribution in [-0.2, 0) is 19.0 Å². The number of phenols is 1. The molecule has 0 spiro atoms. The van der Waals surface area contributed by atoms with E-state index in [-0.39, 0.29) is 29.7 Å². The van der Waals surface area contributed by atoms with E-state index in [1.54, 1.807) is 12.1 Å². The number of aryl methyl sites for hydroxylation is 1. The molecule has 0 unspecified atom stereocenters. The molecule has 22 heavy (non-hydrogen) atoms. The Bertz CT molecular complexity index is 696. The lowest BCUT2D eigenvalue weighted by Gasteiger charge is -2.15. The summed E-state index contributed by atoms with van der Waals surface area (Å²) in [5, 5.41) is 9.38. The molecule has 0 aliphatic carbocycles. The normalized spacial score (nSPS) is 11.4. The van der Waals surface area contributed by atoms with Gasteiger partial charge in [0, 0.05) is 5.56 Å². The van der Waals surface area contributed by atoms with Gasteiger partial charge >= 0.3 is 6.18 Å². The number of phenolic OH excluding ortho intramolecular Hbond substituents is 1. The predicted octanol–water partition coefficient (Wildman–Crippen LogP) is 3.30. The number of amides is 1. The first-order valence-corrected chi connectivity index (χ1v) is 6.56. The molecule has 0 atom stereocenters. The molecule has 0 bridgehead atoms. The van der Waals surface area contributed by atoms with Gasteiger partial charge in [-0.15, -0.1) is 0 Å². The molecular weight excluding hydrogens is 295 g/mol. The van der Waals surface area contributed by atoms with Crippen LogP contribution in [0.1, 0.15) is 27.0 Å². The predicted molar refractivity (Wildman–Crippen MR) is 75.5 cm³/mol. The van der Waals surface area contributed by atoms with Gasteiger partial charge in [-0.3, -0.25) is 4.79 Å². The number of carbonyl (C=O) groups is 1. The van der Waals surface area contributed by atoms with Crippen molar-refractivity contribution in [3.05, 3.63) is 64.7 Å². The largest absolute Gasteiger partial charge is 0.508 e. The molecule has 2 rings (SSSR count). The first kappa shape index (κ1) is 15.9. The lowest BCUT2D eigenvalue weighted by Crippen LogP contribution is -2.19. The monoisotopic (exact) mass is 309 g/mol. The smallest absolute Gasteiger partial charge is 0.416 e. The third-order valence-corrected chi connectivity index (χ3v) is 3.32. The Morgan fingerprint density at radius 3 is 2.36 bits per heavy atom. The van der Waals surface area contributed by atoms with Crippen LogP contribution in [0.5, 0.6) is 5.75 Å². The summed E-state index contributed by atoms with van der Waals surface area (Å²) in [6, 6.07) is 9.64. The molecule has 0 saturated heterocycles. The Morgan fingerprint density at radius 1 is 1.09 bits per heavy atom. The average molecular weight is 309 g/mol. The van der Waals surface area contributed by atoms with E-state index < -0.39 is 17.6 Å². The number of primary amides is 1. The van der Waals surface area contributed by atoms with Crippen LogP contribution >= 0.6 is 0 Å². The maximum absolute atomic E-state index is 13.1. The molecule has 3 nitrogen and oxygen atoms in total. The van der Waals surface area contributed by atoms with Crippen molar-refractivity contribution in [2.24, 2.45) is 5.73 Å². The number of halogens is 3. The van der Waals surface area contributed by atoms with E-state index >= 15 is 0 Å². The number of rotatable bonds is 4. The molecule has 0 fully saturated rings. The third kappa shape index (κ3) is 3.58. The summed E-state index contributed by atoms with van der Waals surface area (Å²) < 4.78 is 39.3. The summed E-state index contributed by atoms with van der Waals surface area (Å²) in [5.74, 6) is -0.853. The third-order valence-electron chi connectivity index (χ3n) is 3.32. The molecule has 2 aromatic rings. The van der Waals surface area contributed by atoms with Crippen molar-refractivity contribution in [3.63, 3.8) is 0 Å². The first-order valence-electron chi connectivity index (χ1n) is 6.56. The minimum absolute atomic E-state index is 0.00257. The SMILES string of the molecule is NC(=O)c1cccc(C(F)(F)F)c1CCc1cccc(O)c1. The van der Waals surface area contributed by atoms with Crippen LogP contribution < -0.4 is 5.73 Å². The molecule has 0 aliphatic heterocycles. The Kier molecular flexibility index (Phi) is 4.40. The van der Waals surface area contributed by atoms with Crippen molar-refractivity contribution in [3.8, 4) is 5.75 Å². The van der Waals surface area contributed by atoms with Gasteiger partial charge in [0.05, 0.1) is 5.56 Å². The second-order valence-electron chi connectivity index (χ2n) is 4.86. The Balaban J connectivity index is 2.37. The van der Waals surface area contributed by atoms with Crippen molar-refractivity contribution in [2.45, 2.75) is 19.0 Å². The summed E-state index contributed by atoms with van der Waals surface area (Å²) in [6.07, 6.45) is -4.31.